The molecule has 0 amide bonds. The molecule has 0 saturated heterocycles. The Labute approximate surface area is 189 Å². The molecule has 0 saturated carbocycles. The monoisotopic (exact) mass is 433 g/mol. The van der Waals surface area contributed by atoms with Crippen LogP contribution in [0.4, 0.5) is 0 Å². The summed E-state index contributed by atoms with van der Waals surface area (Å²) in [6, 6.07) is 16.9. The molecule has 0 radical (unpaired) electrons. The van der Waals surface area contributed by atoms with Crippen molar-refractivity contribution in [2.75, 3.05) is 7.05 Å². The van der Waals surface area contributed by atoms with Gasteiger partial charge >= 0.3 is 5.97 Å². The third-order valence-corrected chi connectivity index (χ3v) is 5.76. The molecule has 1 heterocycles. The van der Waals surface area contributed by atoms with E-state index in [1.165, 1.54) is 20.0 Å². The van der Waals surface area contributed by atoms with Crippen molar-refractivity contribution < 1.29 is 19.4 Å². The molecule has 4 rings (SSSR count). The van der Waals surface area contributed by atoms with Gasteiger partial charge in [-0.3, -0.25) is 4.79 Å². The van der Waals surface area contributed by atoms with E-state index in [-0.39, 0.29) is 18.8 Å². The summed E-state index contributed by atoms with van der Waals surface area (Å²) in [5, 5.41) is 9.40. The van der Waals surface area contributed by atoms with Crippen LogP contribution >= 0.6 is 0 Å². The maximum atomic E-state index is 12.5. The first kappa shape index (κ1) is 24.8. The number of carbonyl (C=O) groups excluding carboxylic acids is 1. The number of hydrogen-bond acceptors (Lipinski definition) is 4. The molecule has 1 aliphatic rings. The maximum absolute atomic E-state index is 12.5. The molecular formula is C27H31NO4. The predicted octanol–water partition coefficient (Wildman–Crippen LogP) is 5.88. The van der Waals surface area contributed by atoms with Crippen molar-refractivity contribution in [2.24, 2.45) is 5.73 Å². The van der Waals surface area contributed by atoms with E-state index in [0.717, 1.165) is 39.3 Å². The van der Waals surface area contributed by atoms with E-state index in [4.69, 9.17) is 4.74 Å². The lowest BCUT2D eigenvalue weighted by atomic mass is 9.67. The van der Waals surface area contributed by atoms with Gasteiger partial charge in [-0.2, -0.15) is 0 Å². The van der Waals surface area contributed by atoms with Crippen molar-refractivity contribution >= 4 is 11.8 Å². The average molecular weight is 434 g/mol. The molecule has 0 spiro atoms. The topological polar surface area (TPSA) is 89.6 Å². The Hall–Kier alpha value is -3.44. The molecule has 0 atom stereocenters. The fraction of sp³-hybridized carbons (Fsp3) is 0.259. The number of Topliss-reactive ketones (excluding diaryl/α,β-unsaturated/α-hetero) is 1. The van der Waals surface area contributed by atoms with Gasteiger partial charge in [-0.25, -0.2) is 4.79 Å². The summed E-state index contributed by atoms with van der Waals surface area (Å²) in [5.41, 5.74) is 9.17. The van der Waals surface area contributed by atoms with Crippen molar-refractivity contribution in [1.29, 1.82) is 0 Å². The molecule has 5 heteroatoms. The summed E-state index contributed by atoms with van der Waals surface area (Å²) < 4.78 is 6.24. The first-order valence-electron chi connectivity index (χ1n) is 10.1. The van der Waals surface area contributed by atoms with Crippen LogP contribution in [0.2, 0.25) is 0 Å². The Morgan fingerprint density at radius 1 is 0.844 bits per heavy atom. The molecule has 32 heavy (non-hydrogen) atoms. The van der Waals surface area contributed by atoms with Crippen LogP contribution in [0.25, 0.3) is 0 Å². The number of ether oxygens (including phenoxy) is 1. The van der Waals surface area contributed by atoms with E-state index < -0.39 is 11.4 Å². The van der Waals surface area contributed by atoms with Crippen LogP contribution < -0.4 is 10.5 Å². The summed E-state index contributed by atoms with van der Waals surface area (Å²) in [4.78, 5) is 24.0. The minimum absolute atomic E-state index is 0. The zero-order chi connectivity index (χ0) is 22.9. The van der Waals surface area contributed by atoms with E-state index >= 15 is 0 Å². The summed E-state index contributed by atoms with van der Waals surface area (Å²) in [5.74, 6) is 0.284. The second kappa shape index (κ2) is 9.37. The molecular weight excluding hydrogens is 402 g/mol. The number of nitrogens with two attached hydrogens (primary N) is 1. The van der Waals surface area contributed by atoms with Crippen LogP contribution in [0.3, 0.4) is 0 Å². The van der Waals surface area contributed by atoms with Gasteiger partial charge in [-0.05, 0) is 75.7 Å². The number of benzene rings is 3. The highest BCUT2D eigenvalue weighted by Crippen LogP contribution is 2.52. The van der Waals surface area contributed by atoms with E-state index in [1.54, 1.807) is 12.1 Å². The van der Waals surface area contributed by atoms with Crippen LogP contribution in [0, 0.1) is 13.8 Å². The molecule has 0 fully saturated rings. The van der Waals surface area contributed by atoms with Gasteiger partial charge in [-0.1, -0.05) is 37.8 Å². The number of fused-ring (bicyclic) bond motifs is 2. The molecule has 1 aliphatic heterocycles. The Morgan fingerprint density at radius 2 is 1.31 bits per heavy atom. The number of aromatic carboxylic acids is 1. The van der Waals surface area contributed by atoms with Gasteiger partial charge in [-0.15, -0.1) is 0 Å². The van der Waals surface area contributed by atoms with E-state index in [9.17, 15) is 14.7 Å². The van der Waals surface area contributed by atoms with Gasteiger partial charge in [0.15, 0.2) is 5.78 Å². The van der Waals surface area contributed by atoms with Crippen molar-refractivity contribution in [3.63, 3.8) is 0 Å². The first-order chi connectivity index (χ1) is 14.7. The van der Waals surface area contributed by atoms with Crippen LogP contribution in [-0.2, 0) is 5.41 Å². The largest absolute Gasteiger partial charge is 0.478 e. The van der Waals surface area contributed by atoms with Gasteiger partial charge in [0.05, 0.1) is 11.0 Å². The summed E-state index contributed by atoms with van der Waals surface area (Å²) >= 11 is 0. The number of rotatable bonds is 3. The van der Waals surface area contributed by atoms with Gasteiger partial charge in [0.2, 0.25) is 0 Å². The lowest BCUT2D eigenvalue weighted by Gasteiger charge is -2.39. The number of carbonyl (C=O) groups is 2. The van der Waals surface area contributed by atoms with E-state index in [2.05, 4.69) is 12.7 Å². The van der Waals surface area contributed by atoms with Gasteiger partial charge in [0.25, 0.3) is 0 Å². The van der Waals surface area contributed by atoms with Gasteiger partial charge in [0, 0.05) is 16.7 Å². The zero-order valence-electron chi connectivity index (χ0n) is 18.4. The second-order valence-electron chi connectivity index (χ2n) is 7.85. The number of ketones is 1. The molecule has 3 aromatic carbocycles. The predicted molar refractivity (Wildman–Crippen MR) is 128 cm³/mol. The molecule has 168 valence electrons. The molecule has 0 bridgehead atoms. The Morgan fingerprint density at radius 3 is 1.75 bits per heavy atom. The minimum atomic E-state index is -1.05. The molecule has 3 aromatic rings. The number of carboxylic acids is 1. The normalized spacial score (nSPS) is 12.7. The van der Waals surface area contributed by atoms with Crippen LogP contribution in [-0.4, -0.2) is 23.9 Å². The Balaban J connectivity index is 0.00000118. The highest BCUT2D eigenvalue weighted by molar-refractivity contribution is 5.99. The van der Waals surface area contributed by atoms with Crippen molar-refractivity contribution in [2.45, 2.75) is 40.5 Å². The van der Waals surface area contributed by atoms with Gasteiger partial charge in [0.1, 0.15) is 11.5 Å². The van der Waals surface area contributed by atoms with Gasteiger partial charge < -0.3 is 15.6 Å². The molecule has 0 aromatic heterocycles. The summed E-state index contributed by atoms with van der Waals surface area (Å²) in [6.45, 7) is 7.56. The zero-order valence-corrected chi connectivity index (χ0v) is 18.4. The fourth-order valence-electron chi connectivity index (χ4n) is 4.21. The lowest BCUT2D eigenvalue weighted by Crippen LogP contribution is -2.31. The number of aryl methyl sites for hydroxylation is 2. The Bertz CT molecular complexity index is 1130. The fourth-order valence-corrected chi connectivity index (χ4v) is 4.21. The van der Waals surface area contributed by atoms with Crippen LogP contribution in [0.15, 0.2) is 54.6 Å². The third-order valence-electron chi connectivity index (χ3n) is 5.76. The van der Waals surface area contributed by atoms with Crippen molar-refractivity contribution in [1.82, 2.24) is 0 Å². The molecule has 0 aliphatic carbocycles. The summed E-state index contributed by atoms with van der Waals surface area (Å²) in [7, 11) is 1.50. The average Bonchev–Trinajstić information content (AvgIpc) is 2.74. The smallest absolute Gasteiger partial charge is 0.335 e. The van der Waals surface area contributed by atoms with Crippen molar-refractivity contribution in [3.05, 3.63) is 93.5 Å². The number of carboxylic acid groups (broad SMARTS) is 1. The number of hydrogen-bond donors (Lipinski definition) is 2. The molecule has 0 unspecified atom stereocenters. The third kappa shape index (κ3) is 4.04. The first-order valence-corrected chi connectivity index (χ1v) is 10.1. The van der Waals surface area contributed by atoms with E-state index in [1.807, 2.05) is 50.2 Å². The van der Waals surface area contributed by atoms with Crippen LogP contribution in [0.1, 0.15) is 69.8 Å². The molecule has 5 nitrogen and oxygen atoms in total. The van der Waals surface area contributed by atoms with Crippen LogP contribution in [0.5, 0.6) is 11.5 Å². The minimum Gasteiger partial charge on any atom is -0.478 e. The Kier molecular flexibility index (Phi) is 7.27. The highest BCUT2D eigenvalue weighted by atomic mass is 16.5. The van der Waals surface area contributed by atoms with Crippen molar-refractivity contribution in [3.8, 4) is 11.5 Å². The molecule has 3 N–H and O–H groups in total. The standard InChI is InChI=1S/C25H22O4.CH5N.CH4/c1-14-5-8-20-22(11-14)29-23-12-15(2)6-9-21(23)25(20,4)19-10-7-17(24(27)28)13-18(19)16(3)26;1-2;/h5-13H,1-4H3,(H,27,28);2H2,1H3;1H4. The second-order valence-corrected chi connectivity index (χ2v) is 7.85. The lowest BCUT2D eigenvalue weighted by molar-refractivity contribution is 0.0697. The maximum Gasteiger partial charge on any atom is 0.335 e. The quantitative estimate of drug-likeness (QED) is 0.504. The van der Waals surface area contributed by atoms with E-state index in [0.29, 0.717) is 5.56 Å². The highest BCUT2D eigenvalue weighted by Gasteiger charge is 2.41. The SMILES string of the molecule is C.CC(=O)c1cc(C(=O)O)ccc1C1(C)c2ccc(C)cc2Oc2cc(C)ccc21.CN. The summed E-state index contributed by atoms with van der Waals surface area (Å²) in [6.07, 6.45) is 0.